The maximum atomic E-state index is 12.0. The highest BCUT2D eigenvalue weighted by molar-refractivity contribution is 7.11. The molecule has 0 aliphatic rings. The zero-order valence-electron chi connectivity index (χ0n) is 6.96. The van der Waals surface area contributed by atoms with Gasteiger partial charge in [0, 0.05) is 0 Å². The first-order chi connectivity index (χ1) is 6.43. The molecule has 0 spiro atoms. The van der Waals surface area contributed by atoms with Crippen LogP contribution in [0, 0.1) is 0 Å². The van der Waals surface area contributed by atoms with Crippen molar-refractivity contribution in [3.05, 3.63) is 10.0 Å². The van der Waals surface area contributed by atoms with Crippen LogP contribution in [0.4, 0.5) is 13.2 Å². The first-order valence-corrected chi connectivity index (χ1v) is 4.21. The number of hydrogen-bond acceptors (Lipinski definition) is 5. The number of halogens is 3. The number of ether oxygens (including phenoxy) is 1. The Hall–Kier alpha value is -1.18. The molecule has 0 aliphatic carbocycles. The molecule has 0 amide bonds. The Morgan fingerprint density at radius 3 is 2.57 bits per heavy atom. The number of esters is 1. The van der Waals surface area contributed by atoms with Crippen LogP contribution in [-0.4, -0.2) is 23.3 Å². The fourth-order valence-corrected chi connectivity index (χ4v) is 1.33. The third kappa shape index (κ3) is 2.66. The second-order valence-electron chi connectivity index (χ2n) is 2.25. The van der Waals surface area contributed by atoms with Gasteiger partial charge in [0.15, 0.2) is 0 Å². The molecule has 8 heteroatoms. The van der Waals surface area contributed by atoms with Gasteiger partial charge in [0.1, 0.15) is 5.01 Å². The minimum absolute atomic E-state index is 0.0100. The Morgan fingerprint density at radius 1 is 1.50 bits per heavy atom. The van der Waals surface area contributed by atoms with Gasteiger partial charge in [-0.3, -0.25) is 4.79 Å². The van der Waals surface area contributed by atoms with Crippen LogP contribution in [0.15, 0.2) is 0 Å². The summed E-state index contributed by atoms with van der Waals surface area (Å²) in [6.07, 6.45) is -4.80. The molecule has 0 saturated carbocycles. The fraction of sp³-hybridized carbons (Fsp3) is 0.500. The van der Waals surface area contributed by atoms with E-state index in [1.165, 1.54) is 0 Å². The van der Waals surface area contributed by atoms with Gasteiger partial charge in [0.2, 0.25) is 5.01 Å². The largest absolute Gasteiger partial charge is 0.469 e. The normalized spacial score (nSPS) is 11.4. The summed E-state index contributed by atoms with van der Waals surface area (Å²) >= 11 is 0.335. The van der Waals surface area contributed by atoms with Crippen molar-refractivity contribution < 1.29 is 22.7 Å². The van der Waals surface area contributed by atoms with Gasteiger partial charge in [-0.1, -0.05) is 11.3 Å². The topological polar surface area (TPSA) is 52.1 Å². The van der Waals surface area contributed by atoms with E-state index in [2.05, 4.69) is 14.9 Å². The van der Waals surface area contributed by atoms with Crippen molar-refractivity contribution in [3.63, 3.8) is 0 Å². The Bertz CT molecular complexity index is 336. The molecule has 78 valence electrons. The fourth-order valence-electron chi connectivity index (χ4n) is 0.635. The summed E-state index contributed by atoms with van der Waals surface area (Å²) in [5.74, 6) is -0.644. The van der Waals surface area contributed by atoms with Crippen molar-refractivity contribution in [2.45, 2.75) is 12.6 Å². The van der Waals surface area contributed by atoms with Crippen molar-refractivity contribution >= 4 is 17.3 Å². The van der Waals surface area contributed by atoms with Crippen LogP contribution in [0.2, 0.25) is 0 Å². The van der Waals surface area contributed by atoms with Gasteiger partial charge in [0.05, 0.1) is 13.5 Å². The first kappa shape index (κ1) is 10.9. The average Bonchev–Trinajstić information content (AvgIpc) is 2.51. The van der Waals surface area contributed by atoms with Crippen LogP contribution < -0.4 is 0 Å². The van der Waals surface area contributed by atoms with Crippen LogP contribution in [0.3, 0.4) is 0 Å². The predicted octanol–water partition coefficient (Wildman–Crippen LogP) is 1.27. The molecule has 0 unspecified atom stereocenters. The van der Waals surface area contributed by atoms with E-state index in [4.69, 9.17) is 0 Å². The lowest BCUT2D eigenvalue weighted by Crippen LogP contribution is -2.03. The number of alkyl halides is 3. The summed E-state index contributed by atoms with van der Waals surface area (Å²) in [7, 11) is 1.15. The quantitative estimate of drug-likeness (QED) is 0.712. The lowest BCUT2D eigenvalue weighted by molar-refractivity contribution is -0.140. The lowest BCUT2D eigenvalue weighted by Gasteiger charge is -1.97. The predicted molar refractivity (Wildman–Crippen MR) is 40.6 cm³/mol. The minimum atomic E-state index is -4.51. The molecule has 0 aromatic carbocycles. The molecule has 1 heterocycles. The van der Waals surface area contributed by atoms with E-state index in [-0.39, 0.29) is 11.4 Å². The molecule has 1 aromatic heterocycles. The number of aromatic nitrogens is 2. The van der Waals surface area contributed by atoms with E-state index in [1.807, 2.05) is 0 Å². The number of carbonyl (C=O) groups is 1. The van der Waals surface area contributed by atoms with Gasteiger partial charge in [-0.05, 0) is 0 Å². The van der Waals surface area contributed by atoms with Gasteiger partial charge in [-0.15, -0.1) is 10.2 Å². The molecule has 1 rings (SSSR count). The van der Waals surface area contributed by atoms with Gasteiger partial charge < -0.3 is 4.74 Å². The lowest BCUT2D eigenvalue weighted by atomic mass is 10.5. The second kappa shape index (κ2) is 3.91. The van der Waals surface area contributed by atoms with Gasteiger partial charge >= 0.3 is 12.1 Å². The highest BCUT2D eigenvalue weighted by Gasteiger charge is 2.35. The minimum Gasteiger partial charge on any atom is -0.469 e. The average molecular weight is 226 g/mol. The van der Waals surface area contributed by atoms with Crippen molar-refractivity contribution in [2.75, 3.05) is 7.11 Å². The standard InChI is InChI=1S/C6H5F3N2O2S/c1-13-4(12)2-3-10-11-5(14-3)6(7,8)9/h2H2,1H3. The molecule has 1 aromatic rings. The number of hydrogen-bond donors (Lipinski definition) is 0. The molecule has 0 atom stereocenters. The van der Waals surface area contributed by atoms with Gasteiger partial charge in [0.25, 0.3) is 0 Å². The van der Waals surface area contributed by atoms with E-state index in [1.54, 1.807) is 0 Å². The molecular formula is C6H5F3N2O2S. The molecule has 0 aliphatic heterocycles. The molecule has 14 heavy (non-hydrogen) atoms. The SMILES string of the molecule is COC(=O)Cc1nnc(C(F)(F)F)s1. The van der Waals surface area contributed by atoms with E-state index in [9.17, 15) is 18.0 Å². The molecule has 0 fully saturated rings. The number of carbonyl (C=O) groups excluding carboxylic acids is 1. The van der Waals surface area contributed by atoms with Gasteiger partial charge in [-0.25, -0.2) is 0 Å². The van der Waals surface area contributed by atoms with Crippen molar-refractivity contribution in [2.24, 2.45) is 0 Å². The number of rotatable bonds is 2. The highest BCUT2D eigenvalue weighted by Crippen LogP contribution is 2.31. The number of methoxy groups -OCH3 is 1. The summed E-state index contributed by atoms with van der Waals surface area (Å²) < 4.78 is 40.3. The number of nitrogens with zero attached hydrogens (tertiary/aromatic N) is 2. The summed E-state index contributed by atoms with van der Waals surface area (Å²) in [5.41, 5.74) is 0. The van der Waals surface area contributed by atoms with E-state index in [0.29, 0.717) is 11.3 Å². The molecule has 4 nitrogen and oxygen atoms in total. The van der Waals surface area contributed by atoms with Crippen LogP contribution in [0.25, 0.3) is 0 Å². The third-order valence-corrected chi connectivity index (χ3v) is 2.20. The Balaban J connectivity index is 2.74. The Kier molecular flexibility index (Phi) is 3.04. The Morgan fingerprint density at radius 2 is 2.14 bits per heavy atom. The summed E-state index contributed by atoms with van der Waals surface area (Å²) in [4.78, 5) is 10.7. The molecule has 0 radical (unpaired) electrons. The highest BCUT2D eigenvalue weighted by atomic mass is 32.1. The van der Waals surface area contributed by atoms with Crippen molar-refractivity contribution in [3.8, 4) is 0 Å². The first-order valence-electron chi connectivity index (χ1n) is 3.40. The summed E-state index contributed by atoms with van der Waals surface area (Å²) in [6, 6.07) is 0. The molecule has 0 saturated heterocycles. The molecule has 0 N–H and O–H groups in total. The summed E-state index contributed by atoms with van der Waals surface area (Å²) in [6.45, 7) is 0. The maximum absolute atomic E-state index is 12.0. The van der Waals surface area contributed by atoms with Crippen LogP contribution >= 0.6 is 11.3 Å². The molecular weight excluding hydrogens is 221 g/mol. The van der Waals surface area contributed by atoms with Crippen LogP contribution in [0.1, 0.15) is 10.0 Å². The van der Waals surface area contributed by atoms with E-state index >= 15 is 0 Å². The van der Waals surface area contributed by atoms with Gasteiger partial charge in [-0.2, -0.15) is 13.2 Å². The molecule has 0 bridgehead atoms. The maximum Gasteiger partial charge on any atom is 0.445 e. The van der Waals surface area contributed by atoms with Crippen molar-refractivity contribution in [1.29, 1.82) is 0 Å². The zero-order valence-corrected chi connectivity index (χ0v) is 7.78. The summed E-state index contributed by atoms with van der Waals surface area (Å²) in [5, 5.41) is 5.06. The van der Waals surface area contributed by atoms with Crippen LogP contribution in [-0.2, 0) is 22.1 Å². The van der Waals surface area contributed by atoms with Crippen molar-refractivity contribution in [1.82, 2.24) is 10.2 Å². The van der Waals surface area contributed by atoms with Crippen LogP contribution in [0.5, 0.6) is 0 Å². The second-order valence-corrected chi connectivity index (χ2v) is 3.31. The third-order valence-electron chi connectivity index (χ3n) is 1.23. The van der Waals surface area contributed by atoms with E-state index < -0.39 is 17.2 Å². The van der Waals surface area contributed by atoms with E-state index in [0.717, 1.165) is 7.11 Å². The Labute approximate surface area is 80.7 Å². The zero-order chi connectivity index (χ0) is 10.8. The smallest absolute Gasteiger partial charge is 0.445 e. The monoisotopic (exact) mass is 226 g/mol.